The molecule has 0 aromatic heterocycles. The number of carbonyl (C=O) groups excluding carboxylic acids is 1. The summed E-state index contributed by atoms with van der Waals surface area (Å²) in [6.07, 6.45) is 10.6. The minimum Gasteiger partial charge on any atom is -0.460 e. The van der Waals surface area contributed by atoms with E-state index in [0.29, 0.717) is 5.92 Å². The maximum absolute atomic E-state index is 11.5. The lowest BCUT2D eigenvalue weighted by molar-refractivity contribution is -0.141. The van der Waals surface area contributed by atoms with Crippen LogP contribution in [0.5, 0.6) is 0 Å². The average molecular weight is 309 g/mol. The number of allylic oxidation sites excluding steroid dienone is 3. The van der Waals surface area contributed by atoms with E-state index in [9.17, 15) is 4.79 Å². The lowest BCUT2D eigenvalue weighted by Crippen LogP contribution is -2.08. The monoisotopic (exact) mass is 308 g/mol. The topological polar surface area (TPSA) is 26.3 Å². The molecule has 0 saturated carbocycles. The fourth-order valence-electron chi connectivity index (χ4n) is 2.34. The van der Waals surface area contributed by atoms with Crippen molar-refractivity contribution in [3.63, 3.8) is 0 Å². The van der Waals surface area contributed by atoms with Crippen molar-refractivity contribution >= 4 is 5.97 Å². The van der Waals surface area contributed by atoms with E-state index in [-0.39, 0.29) is 12.1 Å². The van der Waals surface area contributed by atoms with Gasteiger partial charge in [0.1, 0.15) is 0 Å². The Morgan fingerprint density at radius 1 is 1.05 bits per heavy atom. The fourth-order valence-corrected chi connectivity index (χ4v) is 2.34. The Bertz CT molecular complexity index is 366. The van der Waals surface area contributed by atoms with E-state index >= 15 is 0 Å². The molecule has 0 aliphatic rings. The van der Waals surface area contributed by atoms with Gasteiger partial charge in [-0.3, -0.25) is 0 Å². The lowest BCUT2D eigenvalue weighted by Gasteiger charge is -2.19. The molecule has 3 atom stereocenters. The Morgan fingerprint density at radius 2 is 1.68 bits per heavy atom. The van der Waals surface area contributed by atoms with E-state index in [1.165, 1.54) is 19.3 Å². The maximum Gasteiger partial charge on any atom is 0.331 e. The summed E-state index contributed by atoms with van der Waals surface area (Å²) in [5.41, 5.74) is 0.950. The van der Waals surface area contributed by atoms with Crippen molar-refractivity contribution in [1.29, 1.82) is 0 Å². The second-order valence-electron chi connectivity index (χ2n) is 7.06. The third-order valence-electron chi connectivity index (χ3n) is 4.35. The van der Waals surface area contributed by atoms with E-state index in [2.05, 4.69) is 33.8 Å². The molecule has 0 radical (unpaired) electrons. The highest BCUT2D eigenvalue weighted by molar-refractivity contribution is 5.83. The third-order valence-corrected chi connectivity index (χ3v) is 4.35. The zero-order chi connectivity index (χ0) is 17.1. The Morgan fingerprint density at radius 3 is 2.23 bits per heavy atom. The van der Waals surface area contributed by atoms with Gasteiger partial charge in [0, 0.05) is 6.08 Å². The second kappa shape index (κ2) is 11.5. The van der Waals surface area contributed by atoms with Crippen molar-refractivity contribution in [2.24, 2.45) is 17.8 Å². The van der Waals surface area contributed by atoms with E-state index in [0.717, 1.165) is 23.8 Å². The number of esters is 1. The van der Waals surface area contributed by atoms with Gasteiger partial charge in [-0.15, -0.1) is 0 Å². The first-order valence-electron chi connectivity index (χ1n) is 8.81. The number of rotatable bonds is 10. The van der Waals surface area contributed by atoms with Crippen molar-refractivity contribution in [1.82, 2.24) is 0 Å². The molecular weight excluding hydrogens is 272 g/mol. The van der Waals surface area contributed by atoms with Crippen molar-refractivity contribution in [2.45, 2.75) is 80.3 Å². The van der Waals surface area contributed by atoms with Crippen molar-refractivity contribution < 1.29 is 9.53 Å². The molecule has 0 saturated heterocycles. The number of hydrogen-bond donors (Lipinski definition) is 0. The van der Waals surface area contributed by atoms with Gasteiger partial charge >= 0.3 is 5.97 Å². The zero-order valence-corrected chi connectivity index (χ0v) is 15.7. The van der Waals surface area contributed by atoms with E-state index in [1.54, 1.807) is 6.08 Å². The maximum atomic E-state index is 11.5. The highest BCUT2D eigenvalue weighted by Gasteiger charge is 2.11. The summed E-state index contributed by atoms with van der Waals surface area (Å²) in [7, 11) is 0. The molecule has 2 nitrogen and oxygen atoms in total. The Labute approximate surface area is 138 Å². The van der Waals surface area contributed by atoms with Gasteiger partial charge < -0.3 is 4.74 Å². The van der Waals surface area contributed by atoms with Crippen LogP contribution in [-0.4, -0.2) is 12.1 Å². The standard InChI is InChI=1S/C20H36O2/c1-8-18(6)19(7)13-12-16(4)10-9-11-17(5)14-20(21)22-15(2)3/h9,11,14-16,18-19H,8,10,12-13H2,1-7H3/b11-9+,17-14+. The summed E-state index contributed by atoms with van der Waals surface area (Å²) >= 11 is 0. The highest BCUT2D eigenvalue weighted by Crippen LogP contribution is 2.23. The van der Waals surface area contributed by atoms with Crippen LogP contribution in [0.4, 0.5) is 0 Å². The van der Waals surface area contributed by atoms with E-state index in [4.69, 9.17) is 4.74 Å². The predicted octanol–water partition coefficient (Wildman–Crippen LogP) is 5.93. The first kappa shape index (κ1) is 20.9. The van der Waals surface area contributed by atoms with Crippen molar-refractivity contribution in [3.8, 4) is 0 Å². The molecule has 0 bridgehead atoms. The quantitative estimate of drug-likeness (QED) is 0.284. The number of carbonyl (C=O) groups is 1. The molecule has 0 aliphatic carbocycles. The Kier molecular flexibility index (Phi) is 11.0. The molecule has 0 fully saturated rings. The molecule has 3 unspecified atom stereocenters. The first-order valence-corrected chi connectivity index (χ1v) is 8.81. The largest absolute Gasteiger partial charge is 0.460 e. The molecule has 0 heterocycles. The van der Waals surface area contributed by atoms with Crippen LogP contribution < -0.4 is 0 Å². The summed E-state index contributed by atoms with van der Waals surface area (Å²) in [5.74, 6) is 2.06. The van der Waals surface area contributed by atoms with Gasteiger partial charge in [0.25, 0.3) is 0 Å². The predicted molar refractivity (Wildman–Crippen MR) is 95.8 cm³/mol. The molecule has 0 rings (SSSR count). The van der Waals surface area contributed by atoms with Crippen LogP contribution >= 0.6 is 0 Å². The van der Waals surface area contributed by atoms with Crippen LogP contribution in [0, 0.1) is 17.8 Å². The van der Waals surface area contributed by atoms with E-state index < -0.39 is 0 Å². The van der Waals surface area contributed by atoms with E-state index in [1.807, 2.05) is 26.8 Å². The van der Waals surface area contributed by atoms with Crippen LogP contribution in [0.15, 0.2) is 23.8 Å². The van der Waals surface area contributed by atoms with Crippen LogP contribution in [-0.2, 0) is 9.53 Å². The lowest BCUT2D eigenvalue weighted by atomic mass is 9.86. The summed E-state index contributed by atoms with van der Waals surface area (Å²) in [4.78, 5) is 11.5. The number of ether oxygens (including phenoxy) is 1. The average Bonchev–Trinajstić information content (AvgIpc) is 2.42. The summed E-state index contributed by atoms with van der Waals surface area (Å²) in [6.45, 7) is 14.9. The van der Waals surface area contributed by atoms with Gasteiger partial charge in [0.15, 0.2) is 0 Å². The SMILES string of the molecule is CCC(C)C(C)CCC(C)C/C=C/C(C)=C/C(=O)OC(C)C. The fraction of sp³-hybridized carbons (Fsp3) is 0.750. The third kappa shape index (κ3) is 10.6. The van der Waals surface area contributed by atoms with Gasteiger partial charge in [-0.05, 0) is 50.5 Å². The Balaban J connectivity index is 4.10. The van der Waals surface area contributed by atoms with Gasteiger partial charge in [-0.2, -0.15) is 0 Å². The molecule has 22 heavy (non-hydrogen) atoms. The number of hydrogen-bond acceptors (Lipinski definition) is 2. The second-order valence-corrected chi connectivity index (χ2v) is 7.06. The molecule has 0 aromatic rings. The van der Waals surface area contributed by atoms with Crippen LogP contribution in [0.3, 0.4) is 0 Å². The molecule has 128 valence electrons. The molecule has 0 aliphatic heterocycles. The summed E-state index contributed by atoms with van der Waals surface area (Å²) in [6, 6.07) is 0. The summed E-state index contributed by atoms with van der Waals surface area (Å²) < 4.78 is 5.10. The molecular formula is C20H36O2. The molecule has 0 amide bonds. The van der Waals surface area contributed by atoms with Gasteiger partial charge in [0.05, 0.1) is 6.10 Å². The normalized spacial score (nSPS) is 16.8. The molecule has 0 aromatic carbocycles. The highest BCUT2D eigenvalue weighted by atomic mass is 16.5. The molecule has 0 N–H and O–H groups in total. The van der Waals surface area contributed by atoms with Gasteiger partial charge in [-0.1, -0.05) is 59.1 Å². The van der Waals surface area contributed by atoms with Crippen molar-refractivity contribution in [2.75, 3.05) is 0 Å². The minimum atomic E-state index is -0.257. The van der Waals surface area contributed by atoms with Crippen LogP contribution in [0.25, 0.3) is 0 Å². The van der Waals surface area contributed by atoms with Gasteiger partial charge in [-0.25, -0.2) is 4.79 Å². The van der Waals surface area contributed by atoms with Gasteiger partial charge in [0.2, 0.25) is 0 Å². The van der Waals surface area contributed by atoms with Crippen molar-refractivity contribution in [3.05, 3.63) is 23.8 Å². The van der Waals surface area contributed by atoms with Crippen LogP contribution in [0.1, 0.15) is 74.1 Å². The molecule has 0 spiro atoms. The summed E-state index contributed by atoms with van der Waals surface area (Å²) in [5, 5.41) is 0. The van der Waals surface area contributed by atoms with Crippen LogP contribution in [0.2, 0.25) is 0 Å². The smallest absolute Gasteiger partial charge is 0.331 e. The Hall–Kier alpha value is -1.05. The first-order chi connectivity index (χ1) is 10.3. The minimum absolute atomic E-state index is 0.0620. The molecule has 2 heteroatoms. The zero-order valence-electron chi connectivity index (χ0n) is 15.7.